The molecule has 0 aliphatic heterocycles. The van der Waals surface area contributed by atoms with Gasteiger partial charge in [-0.2, -0.15) is 0 Å². The van der Waals surface area contributed by atoms with E-state index in [0.717, 1.165) is 24.0 Å². The molecule has 0 aliphatic carbocycles. The van der Waals surface area contributed by atoms with E-state index in [1.165, 1.54) is 5.56 Å². The molecule has 0 bridgehead atoms. The molecule has 2 rings (SSSR count). The lowest BCUT2D eigenvalue weighted by molar-refractivity contribution is 0.273. The molecule has 2 aromatic rings. The second-order valence-corrected chi connectivity index (χ2v) is 4.66. The van der Waals surface area contributed by atoms with E-state index in [1.54, 1.807) is 18.2 Å². The van der Waals surface area contributed by atoms with Crippen LogP contribution in [0.25, 0.3) is 11.1 Å². The topological polar surface area (TPSA) is 29.5 Å². The number of halogens is 1. The van der Waals surface area contributed by atoms with E-state index in [0.29, 0.717) is 5.75 Å². The summed E-state index contributed by atoms with van der Waals surface area (Å²) in [5.74, 6) is 0.901. The van der Waals surface area contributed by atoms with Crippen molar-refractivity contribution in [2.45, 2.75) is 19.8 Å². The van der Waals surface area contributed by atoms with Gasteiger partial charge in [-0.1, -0.05) is 31.5 Å². The molecule has 0 saturated heterocycles. The Balaban J connectivity index is 2.24. The van der Waals surface area contributed by atoms with E-state index in [-0.39, 0.29) is 12.4 Å². The van der Waals surface area contributed by atoms with E-state index in [9.17, 15) is 9.50 Å². The van der Waals surface area contributed by atoms with Gasteiger partial charge in [0.1, 0.15) is 24.8 Å². The molecule has 0 aromatic heterocycles. The molecule has 0 aliphatic rings. The van der Waals surface area contributed by atoms with Crippen LogP contribution in [0.4, 0.5) is 4.39 Å². The van der Waals surface area contributed by atoms with Gasteiger partial charge < -0.3 is 9.84 Å². The molecule has 0 heterocycles. The summed E-state index contributed by atoms with van der Waals surface area (Å²) in [5.41, 5.74) is 2.94. The van der Waals surface area contributed by atoms with Crippen molar-refractivity contribution in [1.29, 1.82) is 0 Å². The minimum Gasteiger partial charge on any atom is -0.507 e. The minimum atomic E-state index is -0.498. The number of benzene rings is 2. The van der Waals surface area contributed by atoms with Gasteiger partial charge in [0, 0.05) is 5.56 Å². The van der Waals surface area contributed by atoms with Crippen LogP contribution in [0, 0.1) is 0 Å². The van der Waals surface area contributed by atoms with Gasteiger partial charge in [0.05, 0.1) is 0 Å². The predicted molar refractivity (Wildman–Crippen MR) is 79.0 cm³/mol. The lowest BCUT2D eigenvalue weighted by Gasteiger charge is -2.09. The highest BCUT2D eigenvalue weighted by Crippen LogP contribution is 2.31. The Morgan fingerprint density at radius 1 is 1.10 bits per heavy atom. The van der Waals surface area contributed by atoms with Gasteiger partial charge in [0.25, 0.3) is 0 Å². The maximum Gasteiger partial charge on any atom is 0.123 e. The Kier molecular flexibility index (Phi) is 4.99. The Labute approximate surface area is 118 Å². The summed E-state index contributed by atoms with van der Waals surface area (Å²) in [6, 6.07) is 13.0. The highest BCUT2D eigenvalue weighted by atomic mass is 19.1. The van der Waals surface area contributed by atoms with Crippen molar-refractivity contribution in [3.05, 3.63) is 48.0 Å². The molecule has 2 nitrogen and oxygen atoms in total. The van der Waals surface area contributed by atoms with Crippen molar-refractivity contribution in [3.63, 3.8) is 0 Å². The number of phenolic OH excluding ortho intramolecular Hbond substituents is 1. The van der Waals surface area contributed by atoms with Crippen LogP contribution in [-0.4, -0.2) is 18.4 Å². The summed E-state index contributed by atoms with van der Waals surface area (Å²) in [6.07, 6.45) is 2.06. The second-order valence-electron chi connectivity index (χ2n) is 4.66. The first-order chi connectivity index (χ1) is 9.74. The van der Waals surface area contributed by atoms with Crippen LogP contribution in [0.2, 0.25) is 0 Å². The van der Waals surface area contributed by atoms with Gasteiger partial charge in [-0.15, -0.1) is 0 Å². The fourth-order valence-corrected chi connectivity index (χ4v) is 2.15. The summed E-state index contributed by atoms with van der Waals surface area (Å²) in [7, 11) is 0. The molecule has 1 N–H and O–H groups in total. The number of ether oxygens (including phenoxy) is 1. The van der Waals surface area contributed by atoms with E-state index < -0.39 is 6.67 Å². The first kappa shape index (κ1) is 14.4. The molecule has 3 heteroatoms. The standard InChI is InChI=1S/C17H19FO2/c1-2-3-13-4-9-17(19)16(12-13)14-5-7-15(8-6-14)20-11-10-18/h4-9,12,19H,2-3,10-11H2,1H3. The van der Waals surface area contributed by atoms with Crippen LogP contribution >= 0.6 is 0 Å². The summed E-state index contributed by atoms with van der Waals surface area (Å²) in [5, 5.41) is 9.99. The second kappa shape index (κ2) is 6.94. The molecule has 0 radical (unpaired) electrons. The van der Waals surface area contributed by atoms with Crippen LogP contribution < -0.4 is 4.74 Å². The molecule has 0 atom stereocenters. The lowest BCUT2D eigenvalue weighted by Crippen LogP contribution is -1.98. The first-order valence-corrected chi connectivity index (χ1v) is 6.85. The van der Waals surface area contributed by atoms with Crippen molar-refractivity contribution >= 4 is 0 Å². The molecule has 0 fully saturated rings. The minimum absolute atomic E-state index is 0.0661. The number of aromatic hydroxyl groups is 1. The van der Waals surface area contributed by atoms with Gasteiger partial charge in [0.15, 0.2) is 0 Å². The zero-order valence-corrected chi connectivity index (χ0v) is 11.6. The third-order valence-corrected chi connectivity index (χ3v) is 3.11. The van der Waals surface area contributed by atoms with Crippen LogP contribution in [0.5, 0.6) is 11.5 Å². The summed E-state index contributed by atoms with van der Waals surface area (Å²) in [4.78, 5) is 0. The smallest absolute Gasteiger partial charge is 0.123 e. The van der Waals surface area contributed by atoms with Crippen molar-refractivity contribution in [1.82, 2.24) is 0 Å². The number of phenols is 1. The average molecular weight is 274 g/mol. The van der Waals surface area contributed by atoms with E-state index in [1.807, 2.05) is 24.3 Å². The molecular weight excluding hydrogens is 255 g/mol. The molecule has 2 aromatic carbocycles. The van der Waals surface area contributed by atoms with Gasteiger partial charge in [-0.25, -0.2) is 4.39 Å². The number of hydrogen-bond acceptors (Lipinski definition) is 2. The van der Waals surface area contributed by atoms with Gasteiger partial charge in [0.2, 0.25) is 0 Å². The third-order valence-electron chi connectivity index (χ3n) is 3.11. The molecular formula is C17H19FO2. The fraction of sp³-hybridized carbons (Fsp3) is 0.294. The molecule has 20 heavy (non-hydrogen) atoms. The Hall–Kier alpha value is -2.03. The molecule has 0 amide bonds. The average Bonchev–Trinajstić information content (AvgIpc) is 2.48. The van der Waals surface area contributed by atoms with Gasteiger partial charge in [-0.3, -0.25) is 0 Å². The zero-order valence-electron chi connectivity index (χ0n) is 11.6. The van der Waals surface area contributed by atoms with Crippen LogP contribution in [-0.2, 0) is 6.42 Å². The maximum absolute atomic E-state index is 12.0. The molecule has 106 valence electrons. The van der Waals surface area contributed by atoms with Gasteiger partial charge in [-0.05, 0) is 41.8 Å². The van der Waals surface area contributed by atoms with Crippen LogP contribution in [0.1, 0.15) is 18.9 Å². The summed E-state index contributed by atoms with van der Waals surface area (Å²) < 4.78 is 17.2. The highest BCUT2D eigenvalue weighted by Gasteiger charge is 2.06. The lowest BCUT2D eigenvalue weighted by atomic mass is 10.00. The van der Waals surface area contributed by atoms with Crippen molar-refractivity contribution in [2.24, 2.45) is 0 Å². The van der Waals surface area contributed by atoms with Gasteiger partial charge >= 0.3 is 0 Å². The first-order valence-electron chi connectivity index (χ1n) is 6.85. The number of alkyl halides is 1. The zero-order chi connectivity index (χ0) is 14.4. The largest absolute Gasteiger partial charge is 0.507 e. The summed E-state index contributed by atoms with van der Waals surface area (Å²) in [6.45, 7) is 1.70. The Bertz CT molecular complexity index is 549. The Morgan fingerprint density at radius 3 is 2.50 bits per heavy atom. The maximum atomic E-state index is 12.0. The highest BCUT2D eigenvalue weighted by molar-refractivity contribution is 5.71. The van der Waals surface area contributed by atoms with Crippen LogP contribution in [0.15, 0.2) is 42.5 Å². The SMILES string of the molecule is CCCc1ccc(O)c(-c2ccc(OCCF)cc2)c1. The molecule has 0 spiro atoms. The number of aryl methyl sites for hydroxylation is 1. The predicted octanol–water partition coefficient (Wildman–Crippen LogP) is 4.36. The summed E-state index contributed by atoms with van der Waals surface area (Å²) >= 11 is 0. The van der Waals surface area contributed by atoms with Crippen LogP contribution in [0.3, 0.4) is 0 Å². The van der Waals surface area contributed by atoms with E-state index in [2.05, 4.69) is 6.92 Å². The van der Waals surface area contributed by atoms with Crippen molar-refractivity contribution in [2.75, 3.05) is 13.3 Å². The molecule has 0 saturated carbocycles. The quantitative estimate of drug-likeness (QED) is 0.848. The Morgan fingerprint density at radius 2 is 1.85 bits per heavy atom. The monoisotopic (exact) mass is 274 g/mol. The van der Waals surface area contributed by atoms with Crippen molar-refractivity contribution < 1.29 is 14.2 Å². The normalized spacial score (nSPS) is 10.5. The fourth-order valence-electron chi connectivity index (χ4n) is 2.15. The third kappa shape index (κ3) is 3.50. The van der Waals surface area contributed by atoms with Crippen molar-refractivity contribution in [3.8, 4) is 22.6 Å². The van der Waals surface area contributed by atoms with E-state index in [4.69, 9.17) is 4.74 Å². The molecule has 0 unspecified atom stereocenters. The van der Waals surface area contributed by atoms with E-state index >= 15 is 0 Å². The number of hydrogen-bond donors (Lipinski definition) is 1. The number of rotatable bonds is 6.